The third-order valence-corrected chi connectivity index (χ3v) is 4.75. The van der Waals surface area contributed by atoms with Crippen LogP contribution in [0.1, 0.15) is 42.3 Å². The lowest BCUT2D eigenvalue weighted by atomic mass is 9.50. The number of nitrogens with two attached hydrogens (primary N) is 1. The minimum absolute atomic E-state index is 0.214. The van der Waals surface area contributed by atoms with Crippen molar-refractivity contribution in [3.05, 3.63) is 41.2 Å². The summed E-state index contributed by atoms with van der Waals surface area (Å²) in [5.74, 6) is 0.399. The first-order valence-electron chi connectivity index (χ1n) is 6.89. The summed E-state index contributed by atoms with van der Waals surface area (Å²) in [4.78, 5) is 3.81. The van der Waals surface area contributed by atoms with Crippen LogP contribution >= 0.6 is 0 Å². The lowest BCUT2D eigenvalue weighted by Crippen LogP contribution is -2.59. The van der Waals surface area contributed by atoms with Crippen LogP contribution in [0.25, 0.3) is 0 Å². The predicted octanol–water partition coefficient (Wildman–Crippen LogP) is 1.68. The number of aromatic nitrogens is 4. The van der Waals surface area contributed by atoms with Crippen LogP contribution in [-0.4, -0.2) is 20.0 Å². The van der Waals surface area contributed by atoms with Gasteiger partial charge in [0.1, 0.15) is 5.69 Å². The Balaban J connectivity index is 1.63. The standard InChI is InChI=1S/C14H16FN5/c1-8-10(2-3-12(15)17-8)13(16)11-7-20(19-18-11)14-4-9(5-14)6-14/h2-3,7,9,13H,4-6,16H2,1H3/t9?,13-,14?/m0/s1. The van der Waals surface area contributed by atoms with Gasteiger partial charge < -0.3 is 5.73 Å². The van der Waals surface area contributed by atoms with E-state index in [1.54, 1.807) is 13.0 Å². The number of pyridine rings is 1. The zero-order valence-corrected chi connectivity index (χ0v) is 11.3. The summed E-state index contributed by atoms with van der Waals surface area (Å²) in [6.07, 6.45) is 5.56. The van der Waals surface area contributed by atoms with Crippen molar-refractivity contribution in [1.29, 1.82) is 0 Å². The summed E-state index contributed by atoms with van der Waals surface area (Å²) in [5, 5.41) is 8.43. The monoisotopic (exact) mass is 273 g/mol. The van der Waals surface area contributed by atoms with Gasteiger partial charge >= 0.3 is 0 Å². The van der Waals surface area contributed by atoms with E-state index in [9.17, 15) is 4.39 Å². The number of aryl methyl sites for hydroxylation is 1. The molecule has 3 fully saturated rings. The van der Waals surface area contributed by atoms with Crippen LogP contribution in [0.15, 0.2) is 18.3 Å². The van der Waals surface area contributed by atoms with Gasteiger partial charge in [0.05, 0.1) is 17.8 Å². The van der Waals surface area contributed by atoms with Crippen LogP contribution < -0.4 is 5.73 Å². The van der Waals surface area contributed by atoms with Gasteiger partial charge in [0.15, 0.2) is 0 Å². The minimum Gasteiger partial charge on any atom is -0.319 e. The molecule has 3 aliphatic rings. The average Bonchev–Trinajstić information content (AvgIpc) is 2.73. The van der Waals surface area contributed by atoms with Crippen LogP contribution in [0, 0.1) is 18.8 Å². The van der Waals surface area contributed by atoms with Gasteiger partial charge in [-0.25, -0.2) is 9.67 Å². The van der Waals surface area contributed by atoms with Crippen molar-refractivity contribution in [3.8, 4) is 0 Å². The highest BCUT2D eigenvalue weighted by atomic mass is 19.1. The van der Waals surface area contributed by atoms with Crippen molar-refractivity contribution in [1.82, 2.24) is 20.0 Å². The molecule has 1 atom stereocenters. The van der Waals surface area contributed by atoms with Gasteiger partial charge in [-0.3, -0.25) is 0 Å². The van der Waals surface area contributed by atoms with Gasteiger partial charge in [-0.2, -0.15) is 4.39 Å². The third kappa shape index (κ3) is 1.54. The normalized spacial score (nSPS) is 28.6. The molecular weight excluding hydrogens is 257 g/mol. The first kappa shape index (κ1) is 12.0. The first-order valence-corrected chi connectivity index (χ1v) is 6.89. The maximum Gasteiger partial charge on any atom is 0.213 e. The zero-order valence-electron chi connectivity index (χ0n) is 11.3. The lowest BCUT2D eigenvalue weighted by molar-refractivity contribution is -0.0989. The fraction of sp³-hybridized carbons (Fsp3) is 0.500. The topological polar surface area (TPSA) is 69.6 Å². The summed E-state index contributed by atoms with van der Waals surface area (Å²) in [6.45, 7) is 1.75. The van der Waals surface area contributed by atoms with E-state index in [0.29, 0.717) is 11.4 Å². The maximum absolute atomic E-state index is 13.0. The van der Waals surface area contributed by atoms with E-state index in [0.717, 1.165) is 11.5 Å². The van der Waals surface area contributed by atoms with E-state index < -0.39 is 12.0 Å². The third-order valence-electron chi connectivity index (χ3n) is 4.75. The molecule has 2 N–H and O–H groups in total. The Labute approximate surface area is 116 Å². The average molecular weight is 273 g/mol. The summed E-state index contributed by atoms with van der Waals surface area (Å²) in [7, 11) is 0. The summed E-state index contributed by atoms with van der Waals surface area (Å²) < 4.78 is 15.0. The molecule has 2 bridgehead atoms. The van der Waals surface area contributed by atoms with Crippen LogP contribution in [0.2, 0.25) is 0 Å². The van der Waals surface area contributed by atoms with Gasteiger partial charge in [-0.15, -0.1) is 5.10 Å². The number of nitrogens with zero attached hydrogens (tertiary/aromatic N) is 4. The Hall–Kier alpha value is -1.82. The number of hydrogen-bond acceptors (Lipinski definition) is 4. The molecule has 104 valence electrons. The fourth-order valence-electron chi connectivity index (χ4n) is 3.39. The molecule has 0 aliphatic heterocycles. The molecule has 5 rings (SSSR count). The van der Waals surface area contributed by atoms with Crippen molar-refractivity contribution >= 4 is 0 Å². The molecule has 0 aromatic carbocycles. The SMILES string of the molecule is Cc1nc(F)ccc1[C@H](N)c1cn(C23CC(C2)C3)nn1. The number of halogens is 1. The van der Waals surface area contributed by atoms with E-state index in [2.05, 4.69) is 15.3 Å². The summed E-state index contributed by atoms with van der Waals surface area (Å²) >= 11 is 0. The lowest BCUT2D eigenvalue weighted by Gasteiger charge is -2.61. The Bertz CT molecular complexity index is 663. The smallest absolute Gasteiger partial charge is 0.213 e. The van der Waals surface area contributed by atoms with Crippen molar-refractivity contribution in [3.63, 3.8) is 0 Å². The van der Waals surface area contributed by atoms with Crippen molar-refractivity contribution in [2.24, 2.45) is 11.7 Å². The number of hydrogen-bond donors (Lipinski definition) is 1. The van der Waals surface area contributed by atoms with Crippen LogP contribution in [0.5, 0.6) is 0 Å². The molecule has 2 aromatic heterocycles. The maximum atomic E-state index is 13.0. The molecule has 6 heteroatoms. The summed E-state index contributed by atoms with van der Waals surface area (Å²) in [6, 6.07) is 2.58. The molecule has 5 nitrogen and oxygen atoms in total. The van der Waals surface area contributed by atoms with E-state index in [1.807, 2.05) is 10.9 Å². The van der Waals surface area contributed by atoms with Crippen LogP contribution in [0.4, 0.5) is 4.39 Å². The minimum atomic E-state index is -0.490. The molecule has 3 aliphatic carbocycles. The Kier molecular flexibility index (Phi) is 2.30. The first-order chi connectivity index (χ1) is 9.57. The Morgan fingerprint density at radius 1 is 1.40 bits per heavy atom. The predicted molar refractivity (Wildman–Crippen MR) is 70.3 cm³/mol. The molecule has 0 unspecified atom stereocenters. The van der Waals surface area contributed by atoms with E-state index >= 15 is 0 Å². The Morgan fingerprint density at radius 2 is 2.15 bits per heavy atom. The second kappa shape index (κ2) is 3.85. The van der Waals surface area contributed by atoms with Crippen molar-refractivity contribution in [2.75, 3.05) is 0 Å². The van der Waals surface area contributed by atoms with Crippen LogP contribution in [0.3, 0.4) is 0 Å². The largest absolute Gasteiger partial charge is 0.319 e. The fourth-order valence-corrected chi connectivity index (χ4v) is 3.39. The van der Waals surface area contributed by atoms with E-state index in [-0.39, 0.29) is 5.54 Å². The highest BCUT2D eigenvalue weighted by molar-refractivity contribution is 5.29. The molecule has 2 aromatic rings. The van der Waals surface area contributed by atoms with Gasteiger partial charge in [-0.05, 0) is 43.7 Å². The highest BCUT2D eigenvalue weighted by Gasteiger charge is 2.58. The van der Waals surface area contributed by atoms with E-state index in [4.69, 9.17) is 5.73 Å². The number of rotatable bonds is 3. The van der Waals surface area contributed by atoms with Crippen molar-refractivity contribution in [2.45, 2.75) is 37.8 Å². The molecule has 0 radical (unpaired) electrons. The van der Waals surface area contributed by atoms with Gasteiger partial charge in [-0.1, -0.05) is 11.3 Å². The molecular formula is C14H16FN5. The van der Waals surface area contributed by atoms with Gasteiger partial charge in [0.25, 0.3) is 0 Å². The van der Waals surface area contributed by atoms with Crippen molar-refractivity contribution < 1.29 is 4.39 Å². The highest BCUT2D eigenvalue weighted by Crippen LogP contribution is 2.61. The zero-order chi connectivity index (χ0) is 13.9. The summed E-state index contributed by atoms with van der Waals surface area (Å²) in [5.41, 5.74) is 8.53. The van der Waals surface area contributed by atoms with E-state index in [1.165, 1.54) is 25.3 Å². The van der Waals surface area contributed by atoms with Crippen LogP contribution in [-0.2, 0) is 5.54 Å². The van der Waals surface area contributed by atoms with Gasteiger partial charge in [0, 0.05) is 5.69 Å². The van der Waals surface area contributed by atoms with Gasteiger partial charge in [0.2, 0.25) is 5.95 Å². The quantitative estimate of drug-likeness (QED) is 0.864. The second-order valence-corrected chi connectivity index (χ2v) is 6.08. The molecule has 3 saturated carbocycles. The molecule has 0 spiro atoms. The molecule has 0 amide bonds. The Morgan fingerprint density at radius 3 is 2.75 bits per heavy atom. The molecule has 2 heterocycles. The molecule has 0 saturated heterocycles. The second-order valence-electron chi connectivity index (χ2n) is 6.08. The molecule has 20 heavy (non-hydrogen) atoms.